The van der Waals surface area contributed by atoms with Crippen LogP contribution in [0.2, 0.25) is 0 Å². The van der Waals surface area contributed by atoms with E-state index < -0.39 is 29.9 Å². The van der Waals surface area contributed by atoms with Crippen molar-refractivity contribution >= 4 is 35.7 Å². The molecule has 0 aromatic heterocycles. The molecule has 3 atom stereocenters. The van der Waals surface area contributed by atoms with Crippen molar-refractivity contribution in [1.82, 2.24) is 20.7 Å². The maximum atomic E-state index is 13.4. The molecule has 2 heterocycles. The van der Waals surface area contributed by atoms with E-state index >= 15 is 0 Å². The topological polar surface area (TPSA) is 133 Å². The minimum Gasteiger partial charge on any atom is -0.344 e. The number of rotatable bonds is 9. The minimum absolute atomic E-state index is 0.0571. The first-order valence-corrected chi connectivity index (χ1v) is 11.5. The summed E-state index contributed by atoms with van der Waals surface area (Å²) >= 11 is 0. The highest BCUT2D eigenvalue weighted by atomic mass is 16.2. The number of nitrogens with zero attached hydrogens (tertiary/aromatic N) is 2. The van der Waals surface area contributed by atoms with E-state index in [4.69, 9.17) is 0 Å². The second-order valence-electron chi connectivity index (χ2n) is 8.66. The molecule has 0 spiro atoms. The Bertz CT molecular complexity index is 950. The maximum Gasteiger partial charge on any atom is 0.264 e. The number of hydrogen-bond donors (Lipinski definition) is 2. The predicted octanol–water partition coefficient (Wildman–Crippen LogP) is 0.295. The molecule has 0 unspecified atom stereocenters. The minimum atomic E-state index is -1.01. The van der Waals surface area contributed by atoms with Crippen molar-refractivity contribution in [3.8, 4) is 0 Å². The van der Waals surface area contributed by atoms with Crippen molar-refractivity contribution < 1.29 is 28.8 Å². The highest BCUT2D eigenvalue weighted by molar-refractivity contribution is 5.96. The molecule has 2 saturated heterocycles. The molecule has 0 aliphatic carbocycles. The van der Waals surface area contributed by atoms with Gasteiger partial charge in [0.1, 0.15) is 24.2 Å². The average molecular weight is 471 g/mol. The van der Waals surface area contributed by atoms with E-state index in [0.29, 0.717) is 25.5 Å². The molecule has 34 heavy (non-hydrogen) atoms. The van der Waals surface area contributed by atoms with Gasteiger partial charge < -0.3 is 15.4 Å². The quantitative estimate of drug-likeness (QED) is 0.499. The molecule has 0 radical (unpaired) electrons. The zero-order chi connectivity index (χ0) is 24.7. The van der Waals surface area contributed by atoms with Crippen LogP contribution in [0.3, 0.4) is 0 Å². The van der Waals surface area contributed by atoms with Gasteiger partial charge in [-0.05, 0) is 38.2 Å². The third kappa shape index (κ3) is 6.27. The lowest BCUT2D eigenvalue weighted by Crippen LogP contribution is -2.64. The normalized spacial score (nSPS) is 21.2. The van der Waals surface area contributed by atoms with Gasteiger partial charge >= 0.3 is 0 Å². The Morgan fingerprint density at radius 1 is 1.15 bits per heavy atom. The Hall–Kier alpha value is -3.56. The number of hydrogen-bond acceptors (Lipinski definition) is 6. The Labute approximate surface area is 198 Å². The number of fused-ring (bicyclic) bond motifs is 1. The van der Waals surface area contributed by atoms with Gasteiger partial charge in [0, 0.05) is 25.8 Å². The van der Waals surface area contributed by atoms with E-state index in [-0.39, 0.29) is 49.8 Å². The van der Waals surface area contributed by atoms with Crippen molar-refractivity contribution in [3.63, 3.8) is 0 Å². The molecule has 4 amide bonds. The van der Waals surface area contributed by atoms with E-state index in [0.717, 1.165) is 10.6 Å². The number of aldehydes is 1. The third-order valence-electron chi connectivity index (χ3n) is 5.98. The van der Waals surface area contributed by atoms with Crippen molar-refractivity contribution in [2.45, 2.75) is 70.0 Å². The molecule has 10 heteroatoms. The van der Waals surface area contributed by atoms with Gasteiger partial charge in [0.15, 0.2) is 0 Å². The monoisotopic (exact) mass is 470 g/mol. The molecule has 1 aromatic rings. The molecule has 1 aromatic carbocycles. The number of Topliss-reactive ketones (excluding diaryl/α,β-unsaturated/α-hetero) is 1. The third-order valence-corrected chi connectivity index (χ3v) is 5.98. The van der Waals surface area contributed by atoms with Crippen LogP contribution in [0.1, 0.15) is 51.0 Å². The van der Waals surface area contributed by atoms with E-state index in [1.165, 1.54) is 11.9 Å². The van der Waals surface area contributed by atoms with Gasteiger partial charge in [0.25, 0.3) is 5.91 Å². The number of hydrazine groups is 1. The van der Waals surface area contributed by atoms with Gasteiger partial charge in [-0.2, -0.15) is 0 Å². The molecule has 182 valence electrons. The molecule has 2 aliphatic heterocycles. The molecule has 0 bridgehead atoms. The summed E-state index contributed by atoms with van der Waals surface area (Å²) in [6, 6.07) is 6.52. The molecular formula is C24H30N4O6. The molecule has 2 aliphatic rings. The maximum absolute atomic E-state index is 13.4. The first-order valence-electron chi connectivity index (χ1n) is 11.5. The number of amides is 4. The number of carbonyl (C=O) groups is 6. The number of aryl methyl sites for hydroxylation is 1. The first kappa shape index (κ1) is 25.1. The van der Waals surface area contributed by atoms with Crippen LogP contribution in [0.25, 0.3) is 0 Å². The van der Waals surface area contributed by atoms with Crippen molar-refractivity contribution in [2.24, 2.45) is 0 Å². The number of carbonyl (C=O) groups excluding carboxylic acids is 6. The van der Waals surface area contributed by atoms with Gasteiger partial charge in [-0.1, -0.05) is 30.3 Å². The molecule has 2 N–H and O–H groups in total. The fourth-order valence-electron chi connectivity index (χ4n) is 4.30. The lowest BCUT2D eigenvalue weighted by Gasteiger charge is -2.43. The van der Waals surface area contributed by atoms with Gasteiger partial charge in [-0.15, -0.1) is 0 Å². The van der Waals surface area contributed by atoms with E-state index in [9.17, 15) is 28.8 Å². The van der Waals surface area contributed by atoms with E-state index in [1.807, 2.05) is 30.3 Å². The van der Waals surface area contributed by atoms with Crippen LogP contribution in [-0.4, -0.2) is 70.4 Å². The highest BCUT2D eigenvalue weighted by Gasteiger charge is 2.44. The van der Waals surface area contributed by atoms with Gasteiger partial charge in [0.05, 0.1) is 6.04 Å². The molecule has 0 saturated carbocycles. The van der Waals surface area contributed by atoms with Crippen LogP contribution in [0.15, 0.2) is 30.3 Å². The zero-order valence-corrected chi connectivity index (χ0v) is 19.2. The van der Waals surface area contributed by atoms with Crippen LogP contribution in [0, 0.1) is 0 Å². The van der Waals surface area contributed by atoms with Crippen LogP contribution < -0.4 is 10.6 Å². The van der Waals surface area contributed by atoms with Crippen LogP contribution in [0.4, 0.5) is 0 Å². The summed E-state index contributed by atoms with van der Waals surface area (Å²) in [7, 11) is 0. The molecular weight excluding hydrogens is 440 g/mol. The fourth-order valence-corrected chi connectivity index (χ4v) is 4.30. The number of benzene rings is 1. The Balaban J connectivity index is 1.71. The Kier molecular flexibility index (Phi) is 8.50. The Morgan fingerprint density at radius 2 is 1.88 bits per heavy atom. The summed E-state index contributed by atoms with van der Waals surface area (Å²) in [5.41, 5.74) is 0.995. The van der Waals surface area contributed by atoms with Crippen molar-refractivity contribution in [2.75, 3.05) is 6.54 Å². The van der Waals surface area contributed by atoms with Crippen LogP contribution >= 0.6 is 0 Å². The number of ketones is 1. The highest BCUT2D eigenvalue weighted by Crippen LogP contribution is 2.25. The first-order chi connectivity index (χ1) is 16.3. The lowest BCUT2D eigenvalue weighted by molar-refractivity contribution is -0.176. The molecule has 3 rings (SSSR count). The van der Waals surface area contributed by atoms with E-state index in [2.05, 4.69) is 10.6 Å². The molecule has 10 nitrogen and oxygen atoms in total. The zero-order valence-electron chi connectivity index (χ0n) is 19.2. The lowest BCUT2D eigenvalue weighted by atomic mass is 10.0. The second-order valence-corrected chi connectivity index (χ2v) is 8.66. The van der Waals surface area contributed by atoms with E-state index in [1.54, 1.807) is 0 Å². The summed E-state index contributed by atoms with van der Waals surface area (Å²) < 4.78 is 0. The average Bonchev–Trinajstić information content (AvgIpc) is 2.94. The summed E-state index contributed by atoms with van der Waals surface area (Å²) in [5.74, 6) is -2.03. The van der Waals surface area contributed by atoms with Crippen molar-refractivity contribution in [1.29, 1.82) is 0 Å². The van der Waals surface area contributed by atoms with Gasteiger partial charge in [-0.25, -0.2) is 5.01 Å². The second kappa shape index (κ2) is 11.5. The van der Waals surface area contributed by atoms with Crippen LogP contribution in [0.5, 0.6) is 0 Å². The van der Waals surface area contributed by atoms with Gasteiger partial charge in [-0.3, -0.25) is 29.0 Å². The predicted molar refractivity (Wildman–Crippen MR) is 121 cm³/mol. The standard InChI is InChI=1S/C24H30N4O6/c1-16(30)14-18(15-29)25-23(33)20-8-5-13-27-22(32)12-10-19(24(34)28(20)27)26-21(31)11-9-17-6-3-2-4-7-17/h2-4,6-7,15,18-20H,5,8-14H2,1H3,(H,25,33)(H,26,31)/t18-,19-,20-/m0/s1. The fraction of sp³-hybridized carbons (Fsp3) is 0.500. The summed E-state index contributed by atoms with van der Waals surface area (Å²) in [4.78, 5) is 74.3. The summed E-state index contributed by atoms with van der Waals surface area (Å²) in [6.07, 6.45) is 2.00. The molecule has 2 fully saturated rings. The van der Waals surface area contributed by atoms with Crippen LogP contribution in [-0.2, 0) is 35.2 Å². The smallest absolute Gasteiger partial charge is 0.264 e. The Morgan fingerprint density at radius 3 is 2.56 bits per heavy atom. The van der Waals surface area contributed by atoms with Gasteiger partial charge in [0.2, 0.25) is 17.7 Å². The number of nitrogens with one attached hydrogen (secondary N) is 2. The summed E-state index contributed by atoms with van der Waals surface area (Å²) in [6.45, 7) is 1.60. The SMILES string of the molecule is CC(=O)C[C@@H](C=O)NC(=O)[C@@H]1CCCN2C(=O)CC[C@H](NC(=O)CCc3ccccc3)C(=O)N12. The van der Waals surface area contributed by atoms with Crippen molar-refractivity contribution in [3.05, 3.63) is 35.9 Å². The summed E-state index contributed by atoms with van der Waals surface area (Å²) in [5, 5.41) is 7.63. The largest absolute Gasteiger partial charge is 0.344 e.